The van der Waals surface area contributed by atoms with Crippen molar-refractivity contribution < 1.29 is 8.42 Å². The Kier molecular flexibility index (Phi) is 2.72. The first-order valence-corrected chi connectivity index (χ1v) is 6.18. The van der Waals surface area contributed by atoms with E-state index in [4.69, 9.17) is 5.73 Å². The van der Waals surface area contributed by atoms with E-state index < -0.39 is 10.0 Å². The number of hydrogen-bond donors (Lipinski definition) is 2. The molecule has 0 aliphatic rings. The van der Waals surface area contributed by atoms with Crippen LogP contribution in [-0.2, 0) is 17.1 Å². The van der Waals surface area contributed by atoms with Gasteiger partial charge in [-0.2, -0.15) is 8.42 Å². The largest absolute Gasteiger partial charge is 0.397 e. The molecule has 2 heterocycles. The van der Waals surface area contributed by atoms with E-state index in [0.717, 1.165) is 0 Å². The number of pyridine rings is 1. The fraction of sp³-hybridized carbons (Fsp3) is 0.111. The molecule has 0 unspecified atom stereocenters. The molecule has 8 heteroatoms. The van der Waals surface area contributed by atoms with Crippen molar-refractivity contribution in [3.05, 3.63) is 30.9 Å². The van der Waals surface area contributed by atoms with Gasteiger partial charge in [0.15, 0.2) is 5.03 Å². The number of nitrogen functional groups attached to an aromatic ring is 1. The van der Waals surface area contributed by atoms with E-state index in [2.05, 4.69) is 14.7 Å². The van der Waals surface area contributed by atoms with Crippen LogP contribution in [0.5, 0.6) is 0 Å². The first-order chi connectivity index (χ1) is 7.97. The number of anilines is 2. The monoisotopic (exact) mass is 253 g/mol. The molecule has 7 nitrogen and oxygen atoms in total. The number of nitrogens with two attached hydrogens (primary N) is 1. The lowest BCUT2D eigenvalue weighted by molar-refractivity contribution is 0.598. The predicted octanol–water partition coefficient (Wildman–Crippen LogP) is 0.198. The van der Waals surface area contributed by atoms with Crippen LogP contribution >= 0.6 is 0 Å². The van der Waals surface area contributed by atoms with Gasteiger partial charge in [-0.25, -0.2) is 9.97 Å². The van der Waals surface area contributed by atoms with Crippen molar-refractivity contribution in [1.29, 1.82) is 0 Å². The van der Waals surface area contributed by atoms with Gasteiger partial charge in [-0.3, -0.25) is 4.72 Å². The summed E-state index contributed by atoms with van der Waals surface area (Å²) in [5.41, 5.74) is 5.91. The Labute approximate surface area is 98.4 Å². The van der Waals surface area contributed by atoms with Crippen LogP contribution < -0.4 is 10.5 Å². The number of rotatable bonds is 3. The van der Waals surface area contributed by atoms with Crippen molar-refractivity contribution in [1.82, 2.24) is 14.5 Å². The van der Waals surface area contributed by atoms with Crippen LogP contribution in [0.4, 0.5) is 11.5 Å². The van der Waals surface area contributed by atoms with E-state index in [9.17, 15) is 8.42 Å². The van der Waals surface area contributed by atoms with Gasteiger partial charge < -0.3 is 10.3 Å². The second-order valence-electron chi connectivity index (χ2n) is 3.46. The zero-order valence-electron chi connectivity index (χ0n) is 9.03. The Morgan fingerprint density at radius 2 is 2.12 bits per heavy atom. The third-order valence-corrected chi connectivity index (χ3v) is 3.22. The first-order valence-electron chi connectivity index (χ1n) is 4.70. The lowest BCUT2D eigenvalue weighted by Gasteiger charge is -2.04. The van der Waals surface area contributed by atoms with Crippen LogP contribution in [0.1, 0.15) is 0 Å². The van der Waals surface area contributed by atoms with Crippen molar-refractivity contribution >= 4 is 21.5 Å². The fourth-order valence-corrected chi connectivity index (χ4v) is 2.17. The molecule has 0 aliphatic carbocycles. The zero-order chi connectivity index (χ0) is 12.5. The molecule has 0 aromatic carbocycles. The Hall–Kier alpha value is -2.09. The van der Waals surface area contributed by atoms with Gasteiger partial charge in [0, 0.05) is 13.2 Å². The van der Waals surface area contributed by atoms with Crippen molar-refractivity contribution in [2.75, 3.05) is 10.5 Å². The van der Waals surface area contributed by atoms with Gasteiger partial charge in [-0.05, 0) is 12.1 Å². The zero-order valence-corrected chi connectivity index (χ0v) is 9.85. The molecule has 0 fully saturated rings. The average molecular weight is 253 g/mol. The number of aromatic nitrogens is 3. The minimum absolute atomic E-state index is 0.0568. The fourth-order valence-electron chi connectivity index (χ4n) is 1.18. The topological polar surface area (TPSA) is 103 Å². The van der Waals surface area contributed by atoms with Crippen molar-refractivity contribution in [2.24, 2.45) is 7.05 Å². The molecule has 0 spiro atoms. The molecule has 3 N–H and O–H groups in total. The Bertz CT molecular complexity index is 617. The van der Waals surface area contributed by atoms with Gasteiger partial charge >= 0.3 is 0 Å². The molecule has 2 aromatic rings. The quantitative estimate of drug-likeness (QED) is 0.813. The molecule has 2 rings (SSSR count). The van der Waals surface area contributed by atoms with Crippen LogP contribution in [0, 0.1) is 0 Å². The van der Waals surface area contributed by atoms with Crippen LogP contribution in [0.2, 0.25) is 0 Å². The molecule has 0 saturated carbocycles. The number of sulfonamides is 1. The minimum Gasteiger partial charge on any atom is -0.397 e. The maximum Gasteiger partial charge on any atom is 0.282 e. The standard InChI is InChI=1S/C9H11N5O2S/c1-14-5-9(12-6-14)17(15,16)13-8-3-2-7(10)4-11-8/h2-6H,10H2,1H3,(H,11,13). The summed E-state index contributed by atoms with van der Waals surface area (Å²) in [6.07, 6.45) is 4.18. The van der Waals surface area contributed by atoms with Crippen LogP contribution in [-0.4, -0.2) is 23.0 Å². The summed E-state index contributed by atoms with van der Waals surface area (Å²) in [5.74, 6) is 0.199. The predicted molar refractivity (Wildman–Crippen MR) is 62.7 cm³/mol. The molecule has 0 saturated heterocycles. The average Bonchev–Trinajstić information content (AvgIpc) is 2.69. The molecule has 0 amide bonds. The molecule has 2 aromatic heterocycles. The maximum absolute atomic E-state index is 11.8. The summed E-state index contributed by atoms with van der Waals surface area (Å²) in [6, 6.07) is 3.04. The summed E-state index contributed by atoms with van der Waals surface area (Å²) in [5, 5.41) is -0.0568. The SMILES string of the molecule is Cn1cnc(S(=O)(=O)Nc2ccc(N)cn2)c1. The van der Waals surface area contributed by atoms with Gasteiger partial charge in [0.2, 0.25) is 0 Å². The minimum atomic E-state index is -3.69. The number of aryl methyl sites for hydroxylation is 1. The highest BCUT2D eigenvalue weighted by Crippen LogP contribution is 2.12. The second kappa shape index (κ2) is 4.06. The van der Waals surface area contributed by atoms with Gasteiger partial charge in [0.1, 0.15) is 5.82 Å². The van der Waals surface area contributed by atoms with E-state index in [1.807, 2.05) is 0 Å². The second-order valence-corrected chi connectivity index (χ2v) is 5.09. The van der Waals surface area contributed by atoms with Crippen molar-refractivity contribution in [3.8, 4) is 0 Å². The summed E-state index contributed by atoms with van der Waals surface area (Å²) >= 11 is 0. The highest BCUT2D eigenvalue weighted by Gasteiger charge is 2.17. The molecule has 0 aliphatic heterocycles. The Balaban J connectivity index is 2.26. The lowest BCUT2D eigenvalue weighted by Crippen LogP contribution is -2.14. The van der Waals surface area contributed by atoms with E-state index in [-0.39, 0.29) is 10.8 Å². The van der Waals surface area contributed by atoms with E-state index in [0.29, 0.717) is 5.69 Å². The number of nitrogens with zero attached hydrogens (tertiary/aromatic N) is 3. The molecule has 0 atom stereocenters. The summed E-state index contributed by atoms with van der Waals surface area (Å²) in [4.78, 5) is 7.61. The molecule has 0 bridgehead atoms. The number of hydrogen-bond acceptors (Lipinski definition) is 5. The van der Waals surface area contributed by atoms with Gasteiger partial charge in [-0.15, -0.1) is 0 Å². The van der Waals surface area contributed by atoms with E-state index in [1.54, 1.807) is 17.7 Å². The lowest BCUT2D eigenvalue weighted by atomic mass is 10.4. The normalized spacial score (nSPS) is 11.4. The van der Waals surface area contributed by atoms with Gasteiger partial charge in [0.25, 0.3) is 10.0 Å². The highest BCUT2D eigenvalue weighted by molar-refractivity contribution is 7.92. The summed E-state index contributed by atoms with van der Waals surface area (Å²) < 4.78 is 27.5. The number of imidazole rings is 1. The number of nitrogens with one attached hydrogen (secondary N) is 1. The Morgan fingerprint density at radius 3 is 2.65 bits per heavy atom. The molecule has 0 radical (unpaired) electrons. The molecular weight excluding hydrogens is 242 g/mol. The highest BCUT2D eigenvalue weighted by atomic mass is 32.2. The smallest absolute Gasteiger partial charge is 0.282 e. The summed E-state index contributed by atoms with van der Waals surface area (Å²) in [6.45, 7) is 0. The molecular formula is C9H11N5O2S. The van der Waals surface area contributed by atoms with Gasteiger partial charge in [-0.1, -0.05) is 0 Å². The third kappa shape index (κ3) is 2.53. The van der Waals surface area contributed by atoms with Crippen LogP contribution in [0.25, 0.3) is 0 Å². The first kappa shape index (κ1) is 11.4. The Morgan fingerprint density at radius 1 is 1.35 bits per heavy atom. The van der Waals surface area contributed by atoms with Crippen molar-refractivity contribution in [3.63, 3.8) is 0 Å². The van der Waals surface area contributed by atoms with E-state index in [1.165, 1.54) is 24.8 Å². The third-order valence-electron chi connectivity index (χ3n) is 1.98. The van der Waals surface area contributed by atoms with Crippen LogP contribution in [0.15, 0.2) is 35.9 Å². The molecule has 90 valence electrons. The maximum atomic E-state index is 11.8. The van der Waals surface area contributed by atoms with Crippen LogP contribution in [0.3, 0.4) is 0 Å². The summed E-state index contributed by atoms with van der Waals surface area (Å²) in [7, 11) is -2.00. The molecule has 17 heavy (non-hydrogen) atoms. The van der Waals surface area contributed by atoms with Gasteiger partial charge in [0.05, 0.1) is 18.2 Å². The van der Waals surface area contributed by atoms with Crippen molar-refractivity contribution in [2.45, 2.75) is 5.03 Å². The van der Waals surface area contributed by atoms with E-state index >= 15 is 0 Å².